The molecular weight excluding hydrogens is 516 g/mol. The molecule has 4 nitrogen and oxygen atoms in total. The molecule has 0 unspecified atom stereocenters. The van der Waals surface area contributed by atoms with Crippen molar-refractivity contribution in [2.24, 2.45) is 0 Å². The first-order chi connectivity index (χ1) is 20.6. The third kappa shape index (κ3) is 5.40. The summed E-state index contributed by atoms with van der Waals surface area (Å²) in [5, 5.41) is 20.5. The molecule has 0 atom stereocenters. The van der Waals surface area contributed by atoms with E-state index in [4.69, 9.17) is 10.4 Å². The largest absolute Gasteiger partial charge is 0.477 e. The Labute approximate surface area is 244 Å². The highest BCUT2D eigenvalue weighted by molar-refractivity contribution is 5.99. The number of nitrogens with zero attached hydrogens (tertiary/aromatic N) is 2. The molecule has 0 spiro atoms. The van der Waals surface area contributed by atoms with E-state index in [9.17, 15) is 4.79 Å². The standard InChI is InChI=1S/C38H26N2O2/c39-26-33(38(41)42)25-27-13-15-28(16-14-27)29-17-19-30(20-18-29)31-21-23-35(24-22-31)40(34-9-2-1-3-10-34)37-12-6-8-32-7-4-5-11-36(32)37/h1-25H,(H,41,42)/b33-25+. The zero-order valence-electron chi connectivity index (χ0n) is 22.7. The number of nitriles is 1. The molecule has 0 fully saturated rings. The molecule has 42 heavy (non-hydrogen) atoms. The maximum Gasteiger partial charge on any atom is 0.346 e. The minimum absolute atomic E-state index is 0.290. The second kappa shape index (κ2) is 11.7. The zero-order chi connectivity index (χ0) is 28.9. The molecule has 0 aromatic heterocycles. The number of benzene rings is 6. The molecule has 200 valence electrons. The Morgan fingerprint density at radius 1 is 0.595 bits per heavy atom. The van der Waals surface area contributed by atoms with E-state index in [0.29, 0.717) is 5.56 Å². The van der Waals surface area contributed by atoms with Crippen molar-refractivity contribution in [2.75, 3.05) is 4.90 Å². The molecule has 0 aliphatic carbocycles. The number of carboxylic acids is 1. The molecular formula is C38H26N2O2. The van der Waals surface area contributed by atoms with E-state index in [1.54, 1.807) is 6.07 Å². The summed E-state index contributed by atoms with van der Waals surface area (Å²) in [5.41, 5.74) is 7.98. The van der Waals surface area contributed by atoms with Gasteiger partial charge >= 0.3 is 5.97 Å². The highest BCUT2D eigenvalue weighted by Crippen LogP contribution is 2.39. The van der Waals surface area contributed by atoms with E-state index < -0.39 is 5.97 Å². The molecule has 6 rings (SSSR count). The van der Waals surface area contributed by atoms with Crippen LogP contribution in [-0.4, -0.2) is 11.1 Å². The number of aliphatic carboxylic acids is 1. The molecule has 0 heterocycles. The molecule has 0 saturated heterocycles. The molecule has 4 heteroatoms. The topological polar surface area (TPSA) is 64.3 Å². The summed E-state index contributed by atoms with van der Waals surface area (Å²) in [6, 6.07) is 51.5. The van der Waals surface area contributed by atoms with Gasteiger partial charge in [-0.3, -0.25) is 0 Å². The van der Waals surface area contributed by atoms with Crippen molar-refractivity contribution >= 4 is 39.9 Å². The number of fused-ring (bicyclic) bond motifs is 1. The predicted molar refractivity (Wildman–Crippen MR) is 171 cm³/mol. The van der Waals surface area contributed by atoms with Gasteiger partial charge in [-0.25, -0.2) is 4.79 Å². The summed E-state index contributed by atoms with van der Waals surface area (Å²) < 4.78 is 0. The lowest BCUT2D eigenvalue weighted by Crippen LogP contribution is -2.10. The fraction of sp³-hybridized carbons (Fsp3) is 0. The van der Waals surface area contributed by atoms with E-state index in [1.807, 2.05) is 30.3 Å². The number of hydrogen-bond donors (Lipinski definition) is 1. The average molecular weight is 543 g/mol. The van der Waals surface area contributed by atoms with Crippen LogP contribution in [0.2, 0.25) is 0 Å². The summed E-state index contributed by atoms with van der Waals surface area (Å²) in [4.78, 5) is 13.4. The van der Waals surface area contributed by atoms with E-state index in [1.165, 1.54) is 16.8 Å². The summed E-state index contributed by atoms with van der Waals surface area (Å²) >= 11 is 0. The van der Waals surface area contributed by atoms with Crippen molar-refractivity contribution in [3.8, 4) is 28.3 Å². The molecule has 0 saturated carbocycles. The monoisotopic (exact) mass is 542 g/mol. The second-order valence-corrected chi connectivity index (χ2v) is 9.89. The van der Waals surface area contributed by atoms with Crippen LogP contribution in [0.3, 0.4) is 0 Å². The van der Waals surface area contributed by atoms with Gasteiger partial charge in [-0.05, 0) is 69.6 Å². The SMILES string of the molecule is N#C/C(=C\c1ccc(-c2ccc(-c3ccc(N(c4ccccc4)c4cccc5ccccc45)cc3)cc2)cc1)C(=O)O. The van der Waals surface area contributed by atoms with Crippen LogP contribution in [-0.2, 0) is 4.79 Å². The van der Waals surface area contributed by atoms with Gasteiger partial charge in [0.2, 0.25) is 0 Å². The Bertz CT molecular complexity index is 1930. The van der Waals surface area contributed by atoms with Crippen LogP contribution in [0, 0.1) is 11.3 Å². The summed E-state index contributed by atoms with van der Waals surface area (Å²) in [6.07, 6.45) is 1.37. The second-order valence-electron chi connectivity index (χ2n) is 9.89. The lowest BCUT2D eigenvalue weighted by molar-refractivity contribution is -0.132. The Morgan fingerprint density at radius 2 is 1.10 bits per heavy atom. The summed E-state index contributed by atoms with van der Waals surface area (Å²) in [6.45, 7) is 0. The molecule has 6 aromatic carbocycles. The Hall–Kier alpha value is -5.92. The molecule has 6 aromatic rings. The van der Waals surface area contributed by atoms with Gasteiger partial charge in [-0.15, -0.1) is 0 Å². The average Bonchev–Trinajstić information content (AvgIpc) is 3.05. The van der Waals surface area contributed by atoms with Gasteiger partial charge in [0.05, 0.1) is 5.69 Å². The highest BCUT2D eigenvalue weighted by Gasteiger charge is 2.15. The summed E-state index contributed by atoms with van der Waals surface area (Å²) in [7, 11) is 0. The first kappa shape index (κ1) is 26.3. The maximum absolute atomic E-state index is 11.1. The van der Waals surface area contributed by atoms with Crippen molar-refractivity contribution in [3.05, 3.63) is 157 Å². The molecule has 0 aliphatic rings. The van der Waals surface area contributed by atoms with Crippen molar-refractivity contribution < 1.29 is 9.90 Å². The smallest absolute Gasteiger partial charge is 0.346 e. The number of carboxylic acid groups (broad SMARTS) is 1. The molecule has 0 amide bonds. The lowest BCUT2D eigenvalue weighted by atomic mass is 9.99. The number of para-hydroxylation sites is 1. The predicted octanol–water partition coefficient (Wildman–Crippen LogP) is 9.64. The fourth-order valence-corrected chi connectivity index (χ4v) is 5.15. The number of carbonyl (C=O) groups is 1. The van der Waals surface area contributed by atoms with Gasteiger partial charge in [0.15, 0.2) is 0 Å². The van der Waals surface area contributed by atoms with Crippen molar-refractivity contribution in [1.82, 2.24) is 0 Å². The van der Waals surface area contributed by atoms with Gasteiger partial charge in [0.1, 0.15) is 11.6 Å². The Balaban J connectivity index is 1.28. The third-order valence-electron chi connectivity index (χ3n) is 7.27. The van der Waals surface area contributed by atoms with Crippen LogP contribution >= 0.6 is 0 Å². The quantitative estimate of drug-likeness (QED) is 0.161. The highest BCUT2D eigenvalue weighted by atomic mass is 16.4. The Kier molecular flexibility index (Phi) is 7.31. The van der Waals surface area contributed by atoms with Crippen molar-refractivity contribution in [2.45, 2.75) is 0 Å². The first-order valence-corrected chi connectivity index (χ1v) is 13.6. The Morgan fingerprint density at radius 3 is 1.69 bits per heavy atom. The zero-order valence-corrected chi connectivity index (χ0v) is 22.7. The molecule has 1 N–H and O–H groups in total. The van der Waals surface area contributed by atoms with Crippen LogP contribution in [0.1, 0.15) is 5.56 Å². The minimum Gasteiger partial charge on any atom is -0.477 e. The van der Waals surface area contributed by atoms with Crippen LogP contribution in [0.4, 0.5) is 17.1 Å². The van der Waals surface area contributed by atoms with E-state index in [-0.39, 0.29) is 5.57 Å². The summed E-state index contributed by atoms with van der Waals surface area (Å²) in [5.74, 6) is -1.23. The van der Waals surface area contributed by atoms with Crippen molar-refractivity contribution in [3.63, 3.8) is 0 Å². The molecule has 0 aliphatic heterocycles. The minimum atomic E-state index is -1.23. The van der Waals surface area contributed by atoms with Gasteiger partial charge in [-0.1, -0.05) is 115 Å². The lowest BCUT2D eigenvalue weighted by Gasteiger charge is -2.27. The van der Waals surface area contributed by atoms with Gasteiger partial charge < -0.3 is 10.0 Å². The van der Waals surface area contributed by atoms with E-state index in [0.717, 1.165) is 39.3 Å². The molecule has 0 bridgehead atoms. The molecule has 0 radical (unpaired) electrons. The maximum atomic E-state index is 11.1. The number of anilines is 3. The van der Waals surface area contributed by atoms with Crippen LogP contribution in [0.5, 0.6) is 0 Å². The van der Waals surface area contributed by atoms with Crippen LogP contribution in [0.25, 0.3) is 39.1 Å². The number of hydrogen-bond acceptors (Lipinski definition) is 3. The number of rotatable bonds is 7. The van der Waals surface area contributed by atoms with Gasteiger partial charge in [0.25, 0.3) is 0 Å². The first-order valence-electron chi connectivity index (χ1n) is 13.6. The van der Waals surface area contributed by atoms with Crippen LogP contribution in [0.15, 0.2) is 151 Å². The van der Waals surface area contributed by atoms with E-state index >= 15 is 0 Å². The van der Waals surface area contributed by atoms with E-state index in [2.05, 4.69) is 120 Å². The fourth-order valence-electron chi connectivity index (χ4n) is 5.15. The van der Waals surface area contributed by atoms with Gasteiger partial charge in [0, 0.05) is 16.8 Å². The normalized spacial score (nSPS) is 11.2. The van der Waals surface area contributed by atoms with Gasteiger partial charge in [-0.2, -0.15) is 5.26 Å². The van der Waals surface area contributed by atoms with Crippen molar-refractivity contribution in [1.29, 1.82) is 5.26 Å². The third-order valence-corrected chi connectivity index (χ3v) is 7.27. The van der Waals surface area contributed by atoms with Crippen LogP contribution < -0.4 is 4.90 Å².